The molecule has 9 heteroatoms. The monoisotopic (exact) mass is 402 g/mol. The first-order valence-corrected chi connectivity index (χ1v) is 8.65. The number of aromatic hydroxyl groups is 4. The van der Waals surface area contributed by atoms with E-state index in [-0.39, 0.29) is 46.0 Å². The van der Waals surface area contributed by atoms with Crippen molar-refractivity contribution in [3.8, 4) is 40.1 Å². The molecule has 0 saturated heterocycles. The molecule has 3 rings (SSSR count). The molecule has 2 aromatic carbocycles. The number of hydrogen-bond donors (Lipinski definition) is 4. The molecular weight excluding hydrogens is 384 g/mol. The van der Waals surface area contributed by atoms with E-state index < -0.39 is 29.7 Å². The number of phenols is 3. The van der Waals surface area contributed by atoms with Gasteiger partial charge in [-0.15, -0.1) is 0 Å². The molecule has 0 atom stereocenters. The number of ether oxygens (including phenoxy) is 2. The number of esters is 1. The van der Waals surface area contributed by atoms with Crippen LogP contribution < -0.4 is 10.2 Å². The van der Waals surface area contributed by atoms with Gasteiger partial charge in [0.05, 0.1) is 0 Å². The van der Waals surface area contributed by atoms with Crippen molar-refractivity contribution in [1.29, 1.82) is 0 Å². The average Bonchev–Trinajstić information content (AvgIpc) is 2.66. The third-order valence-electron chi connectivity index (χ3n) is 4.05. The van der Waals surface area contributed by atoms with Crippen molar-refractivity contribution in [3.63, 3.8) is 0 Å². The van der Waals surface area contributed by atoms with Gasteiger partial charge < -0.3 is 34.3 Å². The van der Waals surface area contributed by atoms with Gasteiger partial charge >= 0.3 is 5.97 Å². The molecule has 0 aliphatic heterocycles. The summed E-state index contributed by atoms with van der Waals surface area (Å²) in [4.78, 5) is 23.8. The Labute approximate surface area is 164 Å². The Kier molecular flexibility index (Phi) is 5.49. The third-order valence-corrected chi connectivity index (χ3v) is 4.05. The van der Waals surface area contributed by atoms with E-state index in [2.05, 4.69) is 0 Å². The summed E-state index contributed by atoms with van der Waals surface area (Å²) in [6.45, 7) is 1.38. The average molecular weight is 402 g/mol. The number of carbonyl (C=O) groups excluding carboxylic acids is 1. The summed E-state index contributed by atoms with van der Waals surface area (Å²) < 4.78 is 15.6. The summed E-state index contributed by atoms with van der Waals surface area (Å²) in [6, 6.07) is 5.93. The highest BCUT2D eigenvalue weighted by Crippen LogP contribution is 2.38. The number of benzene rings is 2. The lowest BCUT2D eigenvalue weighted by Crippen LogP contribution is -2.10. The van der Waals surface area contributed by atoms with Gasteiger partial charge in [0.25, 0.3) is 0 Å². The van der Waals surface area contributed by atoms with Crippen LogP contribution in [0.3, 0.4) is 0 Å². The van der Waals surface area contributed by atoms with Crippen LogP contribution in [0.15, 0.2) is 39.5 Å². The highest BCUT2D eigenvalue weighted by Gasteiger charge is 2.20. The zero-order valence-corrected chi connectivity index (χ0v) is 15.3. The molecule has 0 saturated carbocycles. The zero-order valence-electron chi connectivity index (χ0n) is 15.3. The minimum Gasteiger partial charge on any atom is -0.508 e. The molecule has 0 aliphatic rings. The Bertz CT molecular complexity index is 1130. The predicted octanol–water partition coefficient (Wildman–Crippen LogP) is 2.96. The van der Waals surface area contributed by atoms with Gasteiger partial charge in [-0.05, 0) is 24.6 Å². The number of phenolic OH excluding ortho intramolecular Hbond substituents is 3. The first-order chi connectivity index (χ1) is 13.8. The molecule has 0 amide bonds. The van der Waals surface area contributed by atoms with Crippen LogP contribution >= 0.6 is 0 Å². The molecule has 152 valence electrons. The van der Waals surface area contributed by atoms with Crippen LogP contribution in [-0.4, -0.2) is 33.2 Å². The van der Waals surface area contributed by atoms with E-state index in [1.165, 1.54) is 18.2 Å². The van der Waals surface area contributed by atoms with E-state index in [1.54, 1.807) is 0 Å². The molecule has 0 aliphatic carbocycles. The smallest absolute Gasteiger partial charge is 0.308 e. The fourth-order valence-electron chi connectivity index (χ4n) is 2.68. The van der Waals surface area contributed by atoms with Crippen molar-refractivity contribution in [2.45, 2.75) is 19.8 Å². The lowest BCUT2D eigenvalue weighted by Gasteiger charge is -2.11. The van der Waals surface area contributed by atoms with Crippen LogP contribution in [0.25, 0.3) is 22.3 Å². The SMILES string of the molecule is CCCC(=O)OCOc1cc(-c2oc3cc(O)cc(O)c3c(=O)c2O)ccc1O. The van der Waals surface area contributed by atoms with Crippen molar-refractivity contribution in [2.24, 2.45) is 0 Å². The Morgan fingerprint density at radius 1 is 1.07 bits per heavy atom. The Balaban J connectivity index is 1.99. The Morgan fingerprint density at radius 2 is 1.83 bits per heavy atom. The number of carbonyl (C=O) groups is 1. The van der Waals surface area contributed by atoms with Gasteiger partial charge in [0, 0.05) is 24.1 Å². The fourth-order valence-corrected chi connectivity index (χ4v) is 2.68. The highest BCUT2D eigenvalue weighted by atomic mass is 16.7. The summed E-state index contributed by atoms with van der Waals surface area (Å²) in [6.07, 6.45) is 0.843. The second-order valence-electron chi connectivity index (χ2n) is 6.16. The van der Waals surface area contributed by atoms with Crippen LogP contribution in [0, 0.1) is 0 Å². The summed E-state index contributed by atoms with van der Waals surface area (Å²) in [5.74, 6) is -2.71. The zero-order chi connectivity index (χ0) is 21.1. The number of fused-ring (bicyclic) bond motifs is 1. The van der Waals surface area contributed by atoms with E-state index in [0.717, 1.165) is 12.1 Å². The maximum Gasteiger partial charge on any atom is 0.308 e. The maximum atomic E-state index is 12.4. The molecule has 3 aromatic rings. The standard InChI is InChI=1S/C20H18O9/c1-2-3-16(24)28-9-27-14-6-10(4-5-12(14)22)20-19(26)18(25)17-13(23)7-11(21)8-15(17)29-20/h4-8,21-23,26H,2-3,9H2,1H3. The van der Waals surface area contributed by atoms with Gasteiger partial charge in [-0.2, -0.15) is 0 Å². The van der Waals surface area contributed by atoms with Crippen molar-refractivity contribution >= 4 is 16.9 Å². The fraction of sp³-hybridized carbons (Fsp3) is 0.200. The Hall–Kier alpha value is -3.88. The van der Waals surface area contributed by atoms with E-state index in [9.17, 15) is 30.0 Å². The molecule has 0 spiro atoms. The van der Waals surface area contributed by atoms with Crippen LogP contribution in [0.5, 0.6) is 28.7 Å². The van der Waals surface area contributed by atoms with E-state index in [0.29, 0.717) is 6.42 Å². The topological polar surface area (TPSA) is 147 Å². The van der Waals surface area contributed by atoms with Crippen LogP contribution in [-0.2, 0) is 9.53 Å². The van der Waals surface area contributed by atoms with E-state index in [1.807, 2.05) is 6.92 Å². The second-order valence-corrected chi connectivity index (χ2v) is 6.16. The van der Waals surface area contributed by atoms with Gasteiger partial charge in [-0.25, -0.2) is 0 Å². The molecule has 0 fully saturated rings. The lowest BCUT2D eigenvalue weighted by atomic mass is 10.1. The van der Waals surface area contributed by atoms with E-state index in [4.69, 9.17) is 13.9 Å². The van der Waals surface area contributed by atoms with Crippen molar-refractivity contribution < 1.29 is 39.1 Å². The predicted molar refractivity (Wildman–Crippen MR) is 101 cm³/mol. The minimum absolute atomic E-state index is 0.0762. The third kappa shape index (κ3) is 4.03. The molecule has 9 nitrogen and oxygen atoms in total. The van der Waals surface area contributed by atoms with Crippen LogP contribution in [0.4, 0.5) is 0 Å². The summed E-state index contributed by atoms with van der Waals surface area (Å²) >= 11 is 0. The molecule has 4 N–H and O–H groups in total. The lowest BCUT2D eigenvalue weighted by molar-refractivity contribution is -0.150. The maximum absolute atomic E-state index is 12.4. The van der Waals surface area contributed by atoms with Crippen molar-refractivity contribution in [3.05, 3.63) is 40.6 Å². The van der Waals surface area contributed by atoms with Crippen molar-refractivity contribution in [1.82, 2.24) is 0 Å². The van der Waals surface area contributed by atoms with Crippen molar-refractivity contribution in [2.75, 3.05) is 6.79 Å². The van der Waals surface area contributed by atoms with Gasteiger partial charge in [0.1, 0.15) is 22.5 Å². The minimum atomic E-state index is -0.900. The second kappa shape index (κ2) is 8.01. The molecule has 0 unspecified atom stereocenters. The summed E-state index contributed by atoms with van der Waals surface area (Å²) in [5, 5.41) is 39.4. The van der Waals surface area contributed by atoms with Gasteiger partial charge in [-0.1, -0.05) is 6.92 Å². The summed E-state index contributed by atoms with van der Waals surface area (Å²) in [7, 11) is 0. The molecule has 29 heavy (non-hydrogen) atoms. The number of hydrogen-bond acceptors (Lipinski definition) is 9. The highest BCUT2D eigenvalue weighted by molar-refractivity contribution is 5.88. The normalized spacial score (nSPS) is 10.8. The van der Waals surface area contributed by atoms with Gasteiger partial charge in [0.2, 0.25) is 18.0 Å². The summed E-state index contributed by atoms with van der Waals surface area (Å²) in [5.41, 5.74) is -0.885. The molecule has 0 radical (unpaired) electrons. The molecule has 1 heterocycles. The number of rotatable bonds is 6. The molecule has 0 bridgehead atoms. The quantitative estimate of drug-likeness (QED) is 0.361. The molecule has 1 aromatic heterocycles. The largest absolute Gasteiger partial charge is 0.508 e. The van der Waals surface area contributed by atoms with Crippen LogP contribution in [0.2, 0.25) is 0 Å². The first kappa shape index (κ1) is 19.9. The first-order valence-electron chi connectivity index (χ1n) is 8.65. The Morgan fingerprint density at radius 3 is 2.55 bits per heavy atom. The van der Waals surface area contributed by atoms with Crippen LogP contribution in [0.1, 0.15) is 19.8 Å². The van der Waals surface area contributed by atoms with E-state index >= 15 is 0 Å². The molecular formula is C20H18O9. The van der Waals surface area contributed by atoms with Gasteiger partial charge in [-0.3, -0.25) is 9.59 Å². The van der Waals surface area contributed by atoms with Gasteiger partial charge in [0.15, 0.2) is 17.3 Å².